The molecule has 4 aliphatic carbocycles. The molecular weight excluding hydrogens is 370 g/mol. The number of rotatable bonds is 1. The zero-order valence-corrected chi connectivity index (χ0v) is 20.0. The van der Waals surface area contributed by atoms with E-state index >= 15 is 0 Å². The molecule has 1 saturated heterocycles. The van der Waals surface area contributed by atoms with Crippen molar-refractivity contribution in [1.29, 1.82) is 0 Å². The third-order valence-electron chi connectivity index (χ3n) is 11.0. The molecule has 1 heterocycles. The van der Waals surface area contributed by atoms with Crippen molar-refractivity contribution in [2.45, 2.75) is 91.8 Å². The molecule has 30 heavy (non-hydrogen) atoms. The van der Waals surface area contributed by atoms with E-state index in [4.69, 9.17) is 4.74 Å². The summed E-state index contributed by atoms with van der Waals surface area (Å²) in [5, 5.41) is 0. The van der Waals surface area contributed by atoms with Gasteiger partial charge in [-0.25, -0.2) is 0 Å². The predicted octanol–water partition coefficient (Wildman–Crippen LogP) is 5.76. The maximum atomic E-state index is 12.5. The molecule has 3 nitrogen and oxygen atoms in total. The Balaban J connectivity index is 1.50. The normalized spacial score (nSPS) is 50.9. The van der Waals surface area contributed by atoms with Gasteiger partial charge in [0, 0.05) is 17.4 Å². The number of Topliss-reactive ketones (excluding diaryl/α,β-unsaturated/α-hetero) is 1. The highest BCUT2D eigenvalue weighted by molar-refractivity contribution is 5.80. The fraction of sp³-hybridized carbons (Fsp3) is 0.815. The zero-order valence-electron chi connectivity index (χ0n) is 20.0. The minimum atomic E-state index is 0.122. The van der Waals surface area contributed by atoms with Crippen molar-refractivity contribution >= 4 is 5.78 Å². The smallest absolute Gasteiger partial charge is 0.133 e. The Kier molecular flexibility index (Phi) is 4.74. The van der Waals surface area contributed by atoms with Crippen LogP contribution in [0.15, 0.2) is 23.3 Å². The Morgan fingerprint density at radius 1 is 1.10 bits per heavy atom. The molecule has 5 aliphatic rings. The van der Waals surface area contributed by atoms with Crippen LogP contribution in [0.2, 0.25) is 0 Å². The fourth-order valence-corrected chi connectivity index (χ4v) is 8.77. The van der Waals surface area contributed by atoms with Gasteiger partial charge in [-0.3, -0.25) is 9.69 Å². The third-order valence-corrected chi connectivity index (χ3v) is 11.0. The molecule has 8 atom stereocenters. The summed E-state index contributed by atoms with van der Waals surface area (Å²) in [6.07, 6.45) is 13.7. The third kappa shape index (κ3) is 2.60. The first-order chi connectivity index (χ1) is 14.1. The van der Waals surface area contributed by atoms with Gasteiger partial charge in [-0.05, 0) is 94.1 Å². The summed E-state index contributed by atoms with van der Waals surface area (Å²) in [5.41, 5.74) is 3.85. The predicted molar refractivity (Wildman–Crippen MR) is 121 cm³/mol. The van der Waals surface area contributed by atoms with Crippen molar-refractivity contribution in [3.05, 3.63) is 23.3 Å². The van der Waals surface area contributed by atoms with Gasteiger partial charge < -0.3 is 4.74 Å². The van der Waals surface area contributed by atoms with Crippen molar-refractivity contribution in [3.63, 3.8) is 0 Å². The van der Waals surface area contributed by atoms with Crippen molar-refractivity contribution < 1.29 is 9.53 Å². The summed E-state index contributed by atoms with van der Waals surface area (Å²) >= 11 is 0. The van der Waals surface area contributed by atoms with Gasteiger partial charge in [0.15, 0.2) is 0 Å². The standard InChI is InChI=1S/C27H41NO2/c1-17(29)21-12-14-27(5)23-9-8-22-19(15-20(23)11-13-26(21,27)4)7-10-24-25(22,3)16-30-18(2)28(24)6/h11,15,18,21-24H,7-10,12-14,16H2,1-6H3. The maximum Gasteiger partial charge on any atom is 0.133 e. The number of carbonyl (C=O) groups excluding carboxylic acids is 1. The first-order valence-corrected chi connectivity index (χ1v) is 12.4. The van der Waals surface area contributed by atoms with Gasteiger partial charge in [-0.1, -0.05) is 38.5 Å². The lowest BCUT2D eigenvalue weighted by Crippen LogP contribution is -2.61. The van der Waals surface area contributed by atoms with Gasteiger partial charge in [0.05, 0.1) is 6.61 Å². The topological polar surface area (TPSA) is 29.5 Å². The van der Waals surface area contributed by atoms with E-state index in [2.05, 4.69) is 51.8 Å². The highest BCUT2D eigenvalue weighted by atomic mass is 16.5. The lowest BCUT2D eigenvalue weighted by atomic mass is 9.52. The molecule has 3 heteroatoms. The van der Waals surface area contributed by atoms with Gasteiger partial charge >= 0.3 is 0 Å². The van der Waals surface area contributed by atoms with Gasteiger partial charge in [0.25, 0.3) is 0 Å². The minimum Gasteiger partial charge on any atom is -0.363 e. The number of carbonyl (C=O) groups is 1. The molecule has 0 amide bonds. The molecule has 0 N–H and O–H groups in total. The maximum absolute atomic E-state index is 12.5. The van der Waals surface area contributed by atoms with Crippen LogP contribution in [0.25, 0.3) is 0 Å². The Hall–Kier alpha value is -0.930. The van der Waals surface area contributed by atoms with E-state index in [0.717, 1.165) is 19.4 Å². The van der Waals surface area contributed by atoms with Crippen LogP contribution < -0.4 is 0 Å². The Labute approximate surface area is 183 Å². The molecule has 1 aliphatic heterocycles. The lowest BCUT2D eigenvalue weighted by Gasteiger charge is -2.56. The van der Waals surface area contributed by atoms with Crippen molar-refractivity contribution in [1.82, 2.24) is 4.90 Å². The largest absolute Gasteiger partial charge is 0.363 e. The molecule has 0 bridgehead atoms. The van der Waals surface area contributed by atoms with E-state index in [-0.39, 0.29) is 28.4 Å². The van der Waals surface area contributed by atoms with Crippen molar-refractivity contribution in [3.8, 4) is 0 Å². The molecular formula is C27H41NO2. The molecule has 2 saturated carbocycles. The fourth-order valence-electron chi connectivity index (χ4n) is 8.77. The average Bonchev–Trinajstić information content (AvgIpc) is 2.84. The van der Waals surface area contributed by atoms with Crippen LogP contribution in [0, 0.1) is 34.0 Å². The quantitative estimate of drug-likeness (QED) is 0.549. The highest BCUT2D eigenvalue weighted by Crippen LogP contribution is 2.67. The zero-order chi connectivity index (χ0) is 21.5. The molecule has 166 valence electrons. The monoisotopic (exact) mass is 411 g/mol. The average molecular weight is 412 g/mol. The van der Waals surface area contributed by atoms with Crippen LogP contribution in [-0.4, -0.2) is 36.6 Å². The van der Waals surface area contributed by atoms with Crippen molar-refractivity contribution in [2.24, 2.45) is 34.0 Å². The molecule has 8 unspecified atom stereocenters. The molecule has 0 aromatic carbocycles. The number of fused-ring (bicyclic) bond motifs is 6. The van der Waals surface area contributed by atoms with Gasteiger partial charge in [0.2, 0.25) is 0 Å². The molecule has 0 aromatic heterocycles. The second-order valence-corrected chi connectivity index (χ2v) is 12.0. The van der Waals surface area contributed by atoms with E-state index in [1.54, 1.807) is 11.1 Å². The van der Waals surface area contributed by atoms with Gasteiger partial charge in [-0.2, -0.15) is 0 Å². The number of ether oxygens (including phenoxy) is 1. The number of allylic oxidation sites excluding steroid dienone is 4. The summed E-state index contributed by atoms with van der Waals surface area (Å²) in [4.78, 5) is 15.0. The lowest BCUT2D eigenvalue weighted by molar-refractivity contribution is -0.186. The summed E-state index contributed by atoms with van der Waals surface area (Å²) in [5.74, 6) is 1.87. The molecule has 0 spiro atoms. The van der Waals surface area contributed by atoms with E-state index < -0.39 is 0 Å². The Morgan fingerprint density at radius 3 is 2.57 bits per heavy atom. The molecule has 5 rings (SSSR count). The van der Waals surface area contributed by atoms with Gasteiger partial charge in [0.1, 0.15) is 12.0 Å². The summed E-state index contributed by atoms with van der Waals surface area (Å²) in [6, 6.07) is 0.618. The van der Waals surface area contributed by atoms with E-state index in [1.165, 1.54) is 32.1 Å². The number of hydrogen-bond donors (Lipinski definition) is 0. The van der Waals surface area contributed by atoms with Crippen LogP contribution in [-0.2, 0) is 9.53 Å². The minimum absolute atomic E-state index is 0.122. The number of nitrogens with zero attached hydrogens (tertiary/aromatic N) is 1. The van der Waals surface area contributed by atoms with Crippen LogP contribution in [0.5, 0.6) is 0 Å². The highest BCUT2D eigenvalue weighted by Gasteiger charge is 2.61. The molecule has 0 radical (unpaired) electrons. The number of ketones is 1. The first kappa shape index (κ1) is 20.9. The van der Waals surface area contributed by atoms with Crippen molar-refractivity contribution in [2.75, 3.05) is 13.7 Å². The summed E-state index contributed by atoms with van der Waals surface area (Å²) in [6.45, 7) is 12.3. The van der Waals surface area contributed by atoms with E-state index in [0.29, 0.717) is 23.7 Å². The van der Waals surface area contributed by atoms with Crippen LogP contribution in [0.3, 0.4) is 0 Å². The summed E-state index contributed by atoms with van der Waals surface area (Å²) < 4.78 is 6.26. The number of hydrogen-bond acceptors (Lipinski definition) is 3. The first-order valence-electron chi connectivity index (χ1n) is 12.4. The van der Waals surface area contributed by atoms with Crippen LogP contribution in [0.4, 0.5) is 0 Å². The Morgan fingerprint density at radius 2 is 1.83 bits per heavy atom. The summed E-state index contributed by atoms with van der Waals surface area (Å²) in [7, 11) is 2.26. The van der Waals surface area contributed by atoms with Crippen LogP contribution >= 0.6 is 0 Å². The van der Waals surface area contributed by atoms with E-state index in [1.807, 2.05) is 6.92 Å². The molecule has 3 fully saturated rings. The molecule has 0 aromatic rings. The second kappa shape index (κ2) is 6.78. The van der Waals surface area contributed by atoms with E-state index in [9.17, 15) is 4.79 Å². The Bertz CT molecular complexity index is 814. The SMILES string of the molecule is CC(=O)C1CCC2(C)C3CCC4C(=CC3=CCC12C)CCC1N(C)C(C)OCC41C. The van der Waals surface area contributed by atoms with Crippen LogP contribution in [0.1, 0.15) is 79.6 Å². The van der Waals surface area contributed by atoms with Gasteiger partial charge in [-0.15, -0.1) is 0 Å². The second-order valence-electron chi connectivity index (χ2n) is 12.0.